The van der Waals surface area contributed by atoms with Crippen LogP contribution in [0.2, 0.25) is 0 Å². The second kappa shape index (κ2) is 6.80. The van der Waals surface area contributed by atoms with E-state index in [4.69, 9.17) is 0 Å². The van der Waals surface area contributed by atoms with Crippen LogP contribution < -0.4 is 10.2 Å². The maximum Gasteiger partial charge on any atom is 0.276 e. The number of carbonyl (C=O) groups excluding carboxylic acids is 1. The van der Waals surface area contributed by atoms with Crippen molar-refractivity contribution in [3.05, 3.63) is 54.2 Å². The van der Waals surface area contributed by atoms with E-state index in [2.05, 4.69) is 39.4 Å². The van der Waals surface area contributed by atoms with Crippen molar-refractivity contribution in [1.29, 1.82) is 0 Å². The number of fused-ring (bicyclic) bond motifs is 1. The number of rotatable bonds is 3. The lowest BCUT2D eigenvalue weighted by Gasteiger charge is -2.34. The Morgan fingerprint density at radius 1 is 0.962 bits per heavy atom. The number of aromatic nitrogens is 2. The van der Waals surface area contributed by atoms with E-state index < -0.39 is 0 Å². The predicted octanol–water partition coefficient (Wildman–Crippen LogP) is 2.58. The summed E-state index contributed by atoms with van der Waals surface area (Å²) in [6.45, 7) is 4.21. The lowest BCUT2D eigenvalue weighted by Crippen LogP contribution is -2.44. The molecule has 26 heavy (non-hydrogen) atoms. The molecule has 1 aromatic heterocycles. The number of carbonyl (C=O) groups is 1. The number of aryl methyl sites for hydroxylation is 1. The van der Waals surface area contributed by atoms with E-state index in [0.29, 0.717) is 5.69 Å². The van der Waals surface area contributed by atoms with Crippen molar-refractivity contribution in [2.75, 3.05) is 43.4 Å². The minimum Gasteiger partial charge on any atom is -0.369 e. The molecule has 0 unspecified atom stereocenters. The molecule has 0 radical (unpaired) electrons. The lowest BCUT2D eigenvalue weighted by atomic mass is 10.2. The molecule has 1 aliphatic heterocycles. The van der Waals surface area contributed by atoms with Crippen molar-refractivity contribution in [2.24, 2.45) is 7.05 Å². The van der Waals surface area contributed by atoms with E-state index in [1.807, 2.05) is 43.4 Å². The maximum atomic E-state index is 12.7. The van der Waals surface area contributed by atoms with Gasteiger partial charge >= 0.3 is 0 Å². The van der Waals surface area contributed by atoms with Crippen LogP contribution in [-0.4, -0.2) is 53.8 Å². The molecule has 3 aromatic rings. The first-order chi connectivity index (χ1) is 12.6. The van der Waals surface area contributed by atoms with Gasteiger partial charge in [-0.2, -0.15) is 5.10 Å². The van der Waals surface area contributed by atoms with Gasteiger partial charge in [0.15, 0.2) is 5.69 Å². The first kappa shape index (κ1) is 16.6. The smallest absolute Gasteiger partial charge is 0.276 e. The minimum absolute atomic E-state index is 0.186. The van der Waals surface area contributed by atoms with Crippen molar-refractivity contribution >= 4 is 28.2 Å². The second-order valence-corrected chi connectivity index (χ2v) is 6.78. The Kier molecular flexibility index (Phi) is 4.34. The van der Waals surface area contributed by atoms with Gasteiger partial charge in [0.2, 0.25) is 0 Å². The Bertz CT molecular complexity index is 923. The van der Waals surface area contributed by atoms with Crippen LogP contribution in [0, 0.1) is 0 Å². The van der Waals surface area contributed by atoms with Gasteiger partial charge in [-0.3, -0.25) is 9.48 Å². The summed E-state index contributed by atoms with van der Waals surface area (Å²) in [4.78, 5) is 17.4. The molecule has 0 spiro atoms. The summed E-state index contributed by atoms with van der Waals surface area (Å²) in [5.41, 5.74) is 3.37. The van der Waals surface area contributed by atoms with Gasteiger partial charge in [0.25, 0.3) is 5.91 Å². The summed E-state index contributed by atoms with van der Waals surface area (Å²) in [6.07, 6.45) is 0. The summed E-state index contributed by atoms with van der Waals surface area (Å²) in [6, 6.07) is 15.8. The molecule has 134 valence electrons. The zero-order valence-corrected chi connectivity index (χ0v) is 15.1. The molecule has 0 saturated carbocycles. The maximum absolute atomic E-state index is 12.7. The van der Waals surface area contributed by atoms with Crippen LogP contribution >= 0.6 is 0 Å². The van der Waals surface area contributed by atoms with Crippen LogP contribution in [0.3, 0.4) is 0 Å². The summed E-state index contributed by atoms with van der Waals surface area (Å²) in [5, 5.41) is 8.20. The van der Waals surface area contributed by atoms with Crippen molar-refractivity contribution in [3.8, 4) is 0 Å². The highest BCUT2D eigenvalue weighted by atomic mass is 16.2. The molecule has 0 aliphatic carbocycles. The summed E-state index contributed by atoms with van der Waals surface area (Å²) in [7, 11) is 4.00. The third kappa shape index (κ3) is 3.15. The van der Waals surface area contributed by atoms with Crippen molar-refractivity contribution in [3.63, 3.8) is 0 Å². The highest BCUT2D eigenvalue weighted by Crippen LogP contribution is 2.21. The highest BCUT2D eigenvalue weighted by Gasteiger charge is 2.17. The molecule has 1 N–H and O–H groups in total. The van der Waals surface area contributed by atoms with E-state index in [1.165, 1.54) is 5.69 Å². The fraction of sp³-hybridized carbons (Fsp3) is 0.300. The molecule has 6 nitrogen and oxygen atoms in total. The quantitative estimate of drug-likeness (QED) is 0.790. The predicted molar refractivity (Wildman–Crippen MR) is 105 cm³/mol. The molecule has 2 heterocycles. The van der Waals surface area contributed by atoms with Crippen LogP contribution in [-0.2, 0) is 7.05 Å². The summed E-state index contributed by atoms with van der Waals surface area (Å²) in [5.74, 6) is -0.186. The zero-order chi connectivity index (χ0) is 18.1. The van der Waals surface area contributed by atoms with E-state index >= 15 is 0 Å². The average Bonchev–Trinajstić information content (AvgIpc) is 3.00. The Balaban J connectivity index is 1.49. The third-order valence-corrected chi connectivity index (χ3v) is 4.97. The topological polar surface area (TPSA) is 53.4 Å². The minimum atomic E-state index is -0.186. The van der Waals surface area contributed by atoms with Crippen LogP contribution in [0.5, 0.6) is 0 Å². The SMILES string of the molecule is CN1CCN(c2ccc(NC(=O)c3nn(C)c4ccccc34)cc2)CC1. The zero-order valence-electron chi connectivity index (χ0n) is 15.1. The van der Waals surface area contributed by atoms with Gasteiger partial charge in [0.05, 0.1) is 5.52 Å². The molecule has 0 bridgehead atoms. The van der Waals surface area contributed by atoms with E-state index in [-0.39, 0.29) is 5.91 Å². The van der Waals surface area contributed by atoms with E-state index in [1.54, 1.807) is 4.68 Å². The molecular weight excluding hydrogens is 326 g/mol. The van der Waals surface area contributed by atoms with Gasteiger partial charge in [-0.25, -0.2) is 0 Å². The molecule has 1 amide bonds. The first-order valence-corrected chi connectivity index (χ1v) is 8.88. The number of hydrogen-bond donors (Lipinski definition) is 1. The molecule has 0 atom stereocenters. The van der Waals surface area contributed by atoms with Crippen LogP contribution in [0.15, 0.2) is 48.5 Å². The highest BCUT2D eigenvalue weighted by molar-refractivity contribution is 6.11. The monoisotopic (exact) mass is 349 g/mol. The summed E-state index contributed by atoms with van der Waals surface area (Å²) >= 11 is 0. The van der Waals surface area contributed by atoms with Gasteiger partial charge in [0.1, 0.15) is 0 Å². The Morgan fingerprint density at radius 2 is 1.65 bits per heavy atom. The van der Waals surface area contributed by atoms with Crippen LogP contribution in [0.1, 0.15) is 10.5 Å². The van der Waals surface area contributed by atoms with Crippen molar-refractivity contribution in [2.45, 2.75) is 0 Å². The van der Waals surface area contributed by atoms with Crippen molar-refractivity contribution in [1.82, 2.24) is 14.7 Å². The van der Waals surface area contributed by atoms with Gasteiger partial charge in [-0.1, -0.05) is 18.2 Å². The third-order valence-electron chi connectivity index (χ3n) is 4.97. The lowest BCUT2D eigenvalue weighted by molar-refractivity contribution is 0.102. The van der Waals surface area contributed by atoms with Crippen LogP contribution in [0.25, 0.3) is 10.9 Å². The number of hydrogen-bond acceptors (Lipinski definition) is 4. The average molecular weight is 349 g/mol. The molecule has 1 fully saturated rings. The molecule has 1 saturated heterocycles. The fourth-order valence-corrected chi connectivity index (χ4v) is 3.39. The van der Waals surface area contributed by atoms with Gasteiger partial charge in [-0.15, -0.1) is 0 Å². The summed E-state index contributed by atoms with van der Waals surface area (Å²) < 4.78 is 1.74. The second-order valence-electron chi connectivity index (χ2n) is 6.78. The van der Waals surface area contributed by atoms with Crippen molar-refractivity contribution < 1.29 is 4.79 Å². The van der Waals surface area contributed by atoms with Crippen LogP contribution in [0.4, 0.5) is 11.4 Å². The van der Waals surface area contributed by atoms with Gasteiger partial charge < -0.3 is 15.1 Å². The van der Waals surface area contributed by atoms with E-state index in [9.17, 15) is 4.79 Å². The molecule has 1 aliphatic rings. The standard InChI is InChI=1S/C20H23N5O/c1-23-11-13-25(14-12-23)16-9-7-15(8-10-16)21-20(26)19-17-5-3-4-6-18(17)24(2)22-19/h3-10H,11-14H2,1-2H3,(H,21,26). The number of nitrogens with one attached hydrogen (secondary N) is 1. The number of nitrogens with zero attached hydrogens (tertiary/aromatic N) is 4. The Hall–Kier alpha value is -2.86. The molecule has 4 rings (SSSR count). The number of benzene rings is 2. The van der Waals surface area contributed by atoms with Gasteiger partial charge in [0, 0.05) is 50.0 Å². The number of piperazine rings is 1. The van der Waals surface area contributed by atoms with Gasteiger partial charge in [-0.05, 0) is 37.4 Å². The Morgan fingerprint density at radius 3 is 2.38 bits per heavy atom. The number of likely N-dealkylation sites (N-methyl/N-ethyl adjacent to an activating group) is 1. The molecular formula is C20H23N5O. The number of anilines is 2. The fourth-order valence-electron chi connectivity index (χ4n) is 3.39. The molecule has 6 heteroatoms. The van der Waals surface area contributed by atoms with E-state index in [0.717, 1.165) is 42.8 Å². The Labute approximate surface area is 153 Å². The first-order valence-electron chi connectivity index (χ1n) is 8.88. The number of amides is 1. The normalized spacial score (nSPS) is 15.4. The molecule has 2 aromatic carbocycles. The largest absolute Gasteiger partial charge is 0.369 e. The number of para-hydroxylation sites is 1.